The van der Waals surface area contributed by atoms with Gasteiger partial charge >= 0.3 is 0 Å². The Morgan fingerprint density at radius 3 is 2.43 bits per heavy atom. The molecule has 0 heterocycles. The van der Waals surface area contributed by atoms with E-state index < -0.39 is 17.2 Å². The number of hydrogen-bond acceptors (Lipinski definition) is 2. The molecule has 0 saturated carbocycles. The van der Waals surface area contributed by atoms with Crippen LogP contribution in [0.4, 0.5) is 8.78 Å². The molecule has 0 aliphatic heterocycles. The lowest BCUT2D eigenvalue weighted by Gasteiger charge is -2.22. The van der Waals surface area contributed by atoms with Gasteiger partial charge in [0.1, 0.15) is 5.60 Å². The van der Waals surface area contributed by atoms with E-state index in [4.69, 9.17) is 5.73 Å². The van der Waals surface area contributed by atoms with E-state index in [9.17, 15) is 13.9 Å². The van der Waals surface area contributed by atoms with Gasteiger partial charge in [-0.1, -0.05) is 12.1 Å². The van der Waals surface area contributed by atoms with Gasteiger partial charge in [0.15, 0.2) is 11.6 Å². The molecule has 0 aromatic heterocycles. The zero-order chi connectivity index (χ0) is 10.9. The molecule has 0 bridgehead atoms. The van der Waals surface area contributed by atoms with Crippen LogP contribution in [0.3, 0.4) is 0 Å². The monoisotopic (exact) mass is 201 g/mol. The lowest BCUT2D eigenvalue weighted by Crippen LogP contribution is -2.32. The topological polar surface area (TPSA) is 46.2 Å². The smallest absolute Gasteiger partial charge is 0.165 e. The minimum absolute atomic E-state index is 0.108. The molecule has 1 aromatic rings. The number of rotatable bonds is 2. The van der Waals surface area contributed by atoms with Crippen molar-refractivity contribution in [1.29, 1.82) is 0 Å². The number of hydrogen-bond donors (Lipinski definition) is 2. The summed E-state index contributed by atoms with van der Waals surface area (Å²) < 4.78 is 26.5. The largest absolute Gasteiger partial charge is 0.384 e. The fourth-order valence-corrected chi connectivity index (χ4v) is 1.17. The van der Waals surface area contributed by atoms with Crippen LogP contribution in [0, 0.1) is 18.6 Å². The molecule has 1 rings (SSSR count). The van der Waals surface area contributed by atoms with Gasteiger partial charge in [-0.15, -0.1) is 0 Å². The molecule has 0 saturated heterocycles. The zero-order valence-electron chi connectivity index (χ0n) is 8.14. The van der Waals surface area contributed by atoms with Gasteiger partial charge in [0.05, 0.1) is 0 Å². The summed E-state index contributed by atoms with van der Waals surface area (Å²) in [6.07, 6.45) is 0. The van der Waals surface area contributed by atoms with Crippen LogP contribution in [0.2, 0.25) is 0 Å². The third-order valence-corrected chi connectivity index (χ3v) is 2.25. The first kappa shape index (κ1) is 11.1. The summed E-state index contributed by atoms with van der Waals surface area (Å²) in [5, 5.41) is 9.66. The first-order valence-corrected chi connectivity index (χ1v) is 4.27. The summed E-state index contributed by atoms with van der Waals surface area (Å²) in [5.74, 6) is -1.96. The van der Waals surface area contributed by atoms with Crippen molar-refractivity contribution in [2.45, 2.75) is 19.4 Å². The maximum atomic E-state index is 13.4. The predicted molar refractivity (Wildman–Crippen MR) is 49.7 cm³/mol. The van der Waals surface area contributed by atoms with E-state index in [2.05, 4.69) is 0 Å². The van der Waals surface area contributed by atoms with E-state index >= 15 is 0 Å². The van der Waals surface area contributed by atoms with Crippen molar-refractivity contribution in [2.75, 3.05) is 6.54 Å². The Balaban J connectivity index is 3.31. The minimum atomic E-state index is -1.53. The van der Waals surface area contributed by atoms with Crippen LogP contribution in [0.15, 0.2) is 12.1 Å². The number of aliphatic hydroxyl groups is 1. The van der Waals surface area contributed by atoms with Crippen molar-refractivity contribution in [3.8, 4) is 0 Å². The van der Waals surface area contributed by atoms with Crippen LogP contribution < -0.4 is 5.73 Å². The van der Waals surface area contributed by atoms with E-state index in [0.717, 1.165) is 0 Å². The van der Waals surface area contributed by atoms with Crippen molar-refractivity contribution >= 4 is 0 Å². The normalized spacial score (nSPS) is 15.3. The van der Waals surface area contributed by atoms with Gasteiger partial charge < -0.3 is 10.8 Å². The molecular weight excluding hydrogens is 188 g/mol. The fourth-order valence-electron chi connectivity index (χ4n) is 1.17. The van der Waals surface area contributed by atoms with E-state index in [0.29, 0.717) is 0 Å². The van der Waals surface area contributed by atoms with Crippen LogP contribution in [0.1, 0.15) is 18.1 Å². The average molecular weight is 201 g/mol. The average Bonchev–Trinajstić information content (AvgIpc) is 2.14. The third kappa shape index (κ3) is 1.76. The van der Waals surface area contributed by atoms with Gasteiger partial charge in [0.2, 0.25) is 0 Å². The first-order valence-electron chi connectivity index (χ1n) is 4.27. The highest BCUT2D eigenvalue weighted by molar-refractivity contribution is 5.29. The van der Waals surface area contributed by atoms with E-state index in [-0.39, 0.29) is 17.7 Å². The first-order chi connectivity index (χ1) is 6.40. The SMILES string of the molecule is Cc1ccc(C(C)(O)CN)c(F)c1F. The second-order valence-electron chi connectivity index (χ2n) is 3.54. The lowest BCUT2D eigenvalue weighted by atomic mass is 9.94. The second kappa shape index (κ2) is 3.63. The maximum absolute atomic E-state index is 13.4. The van der Waals surface area contributed by atoms with Crippen LogP contribution in [0.5, 0.6) is 0 Å². The van der Waals surface area contributed by atoms with Gasteiger partial charge in [-0.2, -0.15) is 0 Å². The minimum Gasteiger partial charge on any atom is -0.384 e. The van der Waals surface area contributed by atoms with Crippen molar-refractivity contribution in [1.82, 2.24) is 0 Å². The summed E-state index contributed by atoms with van der Waals surface area (Å²) in [5.41, 5.74) is 3.83. The summed E-state index contributed by atoms with van der Waals surface area (Å²) >= 11 is 0. The van der Waals surface area contributed by atoms with E-state index in [1.54, 1.807) is 0 Å². The van der Waals surface area contributed by atoms with Crippen LogP contribution >= 0.6 is 0 Å². The summed E-state index contributed by atoms with van der Waals surface area (Å²) in [4.78, 5) is 0. The molecule has 4 heteroatoms. The zero-order valence-corrected chi connectivity index (χ0v) is 8.14. The molecule has 14 heavy (non-hydrogen) atoms. The Morgan fingerprint density at radius 1 is 1.36 bits per heavy atom. The molecule has 2 nitrogen and oxygen atoms in total. The van der Waals surface area contributed by atoms with Gasteiger partial charge in [-0.05, 0) is 19.4 Å². The summed E-state index contributed by atoms with van der Waals surface area (Å²) in [7, 11) is 0. The second-order valence-corrected chi connectivity index (χ2v) is 3.54. The Labute approximate surface area is 81.4 Å². The number of benzene rings is 1. The van der Waals surface area contributed by atoms with Crippen molar-refractivity contribution in [2.24, 2.45) is 5.73 Å². The Hall–Kier alpha value is -1.00. The summed E-state index contributed by atoms with van der Waals surface area (Å²) in [6, 6.07) is 2.76. The van der Waals surface area contributed by atoms with E-state index in [1.165, 1.54) is 26.0 Å². The third-order valence-electron chi connectivity index (χ3n) is 2.25. The molecule has 1 aromatic carbocycles. The van der Waals surface area contributed by atoms with Gasteiger partial charge in [-0.3, -0.25) is 0 Å². The van der Waals surface area contributed by atoms with Crippen molar-refractivity contribution in [3.05, 3.63) is 34.9 Å². The van der Waals surface area contributed by atoms with Crippen LogP contribution in [-0.2, 0) is 5.60 Å². The highest BCUT2D eigenvalue weighted by atomic mass is 19.2. The molecule has 0 amide bonds. The molecule has 0 aliphatic rings. The molecular formula is C10H13F2NO. The molecule has 78 valence electrons. The number of nitrogens with two attached hydrogens (primary N) is 1. The lowest BCUT2D eigenvalue weighted by molar-refractivity contribution is 0.0621. The van der Waals surface area contributed by atoms with E-state index in [1.807, 2.05) is 0 Å². The van der Waals surface area contributed by atoms with Crippen molar-refractivity contribution in [3.63, 3.8) is 0 Å². The summed E-state index contributed by atoms with van der Waals surface area (Å²) in [6.45, 7) is 2.64. The Morgan fingerprint density at radius 2 is 1.93 bits per heavy atom. The molecule has 1 unspecified atom stereocenters. The molecule has 0 radical (unpaired) electrons. The Bertz CT molecular complexity index is 350. The molecule has 3 N–H and O–H groups in total. The molecule has 0 spiro atoms. The van der Waals surface area contributed by atoms with Crippen LogP contribution in [0.25, 0.3) is 0 Å². The predicted octanol–water partition coefficient (Wildman–Crippen LogP) is 1.44. The van der Waals surface area contributed by atoms with Crippen molar-refractivity contribution < 1.29 is 13.9 Å². The molecule has 1 atom stereocenters. The fraction of sp³-hybridized carbons (Fsp3) is 0.400. The number of halogens is 2. The van der Waals surface area contributed by atoms with Gasteiger partial charge in [0.25, 0.3) is 0 Å². The highest BCUT2D eigenvalue weighted by Gasteiger charge is 2.26. The standard InChI is InChI=1S/C10H13F2NO/c1-6-3-4-7(9(12)8(6)11)10(2,14)5-13/h3-4,14H,5,13H2,1-2H3. The highest BCUT2D eigenvalue weighted by Crippen LogP contribution is 2.25. The van der Waals surface area contributed by atoms with Crippen LogP contribution in [-0.4, -0.2) is 11.7 Å². The van der Waals surface area contributed by atoms with Gasteiger partial charge in [-0.25, -0.2) is 8.78 Å². The molecule has 0 aliphatic carbocycles. The van der Waals surface area contributed by atoms with Gasteiger partial charge in [0, 0.05) is 12.1 Å². The Kier molecular flexibility index (Phi) is 2.87. The quantitative estimate of drug-likeness (QED) is 0.760. The molecule has 0 fully saturated rings. The maximum Gasteiger partial charge on any atom is 0.165 e. The number of aryl methyl sites for hydroxylation is 1.